The van der Waals surface area contributed by atoms with Gasteiger partial charge in [-0.15, -0.1) is 5.10 Å². The Labute approximate surface area is 58.9 Å². The van der Waals surface area contributed by atoms with E-state index in [4.69, 9.17) is 0 Å². The van der Waals surface area contributed by atoms with Crippen LogP contribution in [-0.2, 0) is 9.84 Å². The molecule has 0 N–H and O–H groups in total. The summed E-state index contributed by atoms with van der Waals surface area (Å²) in [5.41, 5.74) is 0. The standard InChI is InChI=1S/C2H2N2O.C2H6O2S/c1-2-5-4-3-1;1-5(2,3)4/h1-2H;1-2H3. The molecule has 0 aliphatic rings. The van der Waals surface area contributed by atoms with Gasteiger partial charge in [0, 0.05) is 17.8 Å². The topological polar surface area (TPSA) is 73.1 Å². The van der Waals surface area contributed by atoms with Crippen molar-refractivity contribution in [2.24, 2.45) is 0 Å². The molecule has 1 heterocycles. The molecule has 0 unspecified atom stereocenters. The van der Waals surface area contributed by atoms with E-state index >= 15 is 0 Å². The molecule has 0 saturated heterocycles. The summed E-state index contributed by atoms with van der Waals surface area (Å²) in [6.07, 6.45) is 5.19. The zero-order chi connectivity index (χ0) is 8.04. The van der Waals surface area contributed by atoms with E-state index in [1.165, 1.54) is 12.5 Å². The van der Waals surface area contributed by atoms with Gasteiger partial charge < -0.3 is 4.52 Å². The molecule has 0 atom stereocenters. The first-order chi connectivity index (χ1) is 4.50. The summed E-state index contributed by atoms with van der Waals surface area (Å²) < 4.78 is 23.5. The van der Waals surface area contributed by atoms with Crippen LogP contribution >= 0.6 is 0 Å². The van der Waals surface area contributed by atoms with Gasteiger partial charge >= 0.3 is 0 Å². The van der Waals surface area contributed by atoms with Crippen LogP contribution in [0.2, 0.25) is 0 Å². The fourth-order valence-corrected chi connectivity index (χ4v) is 0.136. The lowest BCUT2D eigenvalue weighted by Crippen LogP contribution is -1.86. The Morgan fingerprint density at radius 2 is 1.90 bits per heavy atom. The first-order valence-electron chi connectivity index (χ1n) is 2.36. The van der Waals surface area contributed by atoms with Crippen LogP contribution in [0.25, 0.3) is 0 Å². The molecule has 0 spiro atoms. The summed E-state index contributed by atoms with van der Waals surface area (Å²) in [7, 11) is -2.67. The molecular formula is C4H8N2O3S. The van der Waals surface area contributed by atoms with Crippen molar-refractivity contribution in [3.05, 3.63) is 12.5 Å². The Kier molecular flexibility index (Phi) is 3.63. The van der Waals surface area contributed by atoms with E-state index < -0.39 is 9.84 Å². The Bertz CT molecular complexity index is 214. The second kappa shape index (κ2) is 3.99. The number of rotatable bonds is 0. The molecule has 10 heavy (non-hydrogen) atoms. The van der Waals surface area contributed by atoms with Gasteiger partial charge in [-0.1, -0.05) is 0 Å². The van der Waals surface area contributed by atoms with Crippen molar-refractivity contribution >= 4 is 9.84 Å². The Morgan fingerprint density at radius 1 is 1.40 bits per heavy atom. The number of hydrogen-bond acceptors (Lipinski definition) is 5. The first-order valence-corrected chi connectivity index (χ1v) is 4.66. The predicted octanol–water partition coefficient (Wildman–Crippen LogP) is -0.270. The molecule has 0 radical (unpaired) electrons. The fourth-order valence-electron chi connectivity index (χ4n) is 0.136. The maximum Gasteiger partial charge on any atom is 0.144 e. The van der Waals surface area contributed by atoms with Crippen LogP contribution in [0.4, 0.5) is 0 Å². The molecule has 58 valence electrons. The Balaban J connectivity index is 0.000000162. The third-order valence-electron chi connectivity index (χ3n) is 0.283. The average Bonchev–Trinajstić information content (AvgIpc) is 2.07. The molecule has 5 nitrogen and oxygen atoms in total. The van der Waals surface area contributed by atoms with E-state index in [0.29, 0.717) is 0 Å². The van der Waals surface area contributed by atoms with Crippen molar-refractivity contribution < 1.29 is 12.9 Å². The summed E-state index contributed by atoms with van der Waals surface area (Å²) >= 11 is 0. The van der Waals surface area contributed by atoms with Gasteiger partial charge in [-0.05, 0) is 0 Å². The minimum atomic E-state index is -2.67. The van der Waals surface area contributed by atoms with Crippen molar-refractivity contribution in [2.45, 2.75) is 0 Å². The lowest BCUT2D eigenvalue weighted by Gasteiger charge is -1.69. The normalized spacial score (nSPS) is 9.80. The van der Waals surface area contributed by atoms with Crippen LogP contribution < -0.4 is 0 Å². The summed E-state index contributed by atoms with van der Waals surface area (Å²) in [6, 6.07) is 0. The minimum absolute atomic E-state index is 1.16. The summed E-state index contributed by atoms with van der Waals surface area (Å²) in [6.45, 7) is 0. The Morgan fingerprint density at radius 3 is 2.00 bits per heavy atom. The van der Waals surface area contributed by atoms with Crippen LogP contribution in [0.3, 0.4) is 0 Å². The van der Waals surface area contributed by atoms with Crippen LogP contribution in [0, 0.1) is 0 Å². The van der Waals surface area contributed by atoms with Gasteiger partial charge in [0.15, 0.2) is 0 Å². The minimum Gasteiger partial charge on any atom is -0.346 e. The van der Waals surface area contributed by atoms with Crippen LogP contribution in [0.1, 0.15) is 0 Å². The molecule has 1 rings (SSSR count). The van der Waals surface area contributed by atoms with Gasteiger partial charge in [0.05, 0.1) is 6.20 Å². The number of aromatic nitrogens is 2. The SMILES string of the molecule is CS(C)(=O)=O.c1conn1. The van der Waals surface area contributed by atoms with Crippen molar-refractivity contribution in [3.8, 4) is 0 Å². The molecule has 0 amide bonds. The third kappa shape index (κ3) is 15.7. The summed E-state index contributed by atoms with van der Waals surface area (Å²) in [4.78, 5) is 0. The summed E-state index contributed by atoms with van der Waals surface area (Å²) in [5.74, 6) is 0. The van der Waals surface area contributed by atoms with Crippen molar-refractivity contribution in [2.75, 3.05) is 12.5 Å². The fraction of sp³-hybridized carbons (Fsp3) is 0.500. The average molecular weight is 164 g/mol. The largest absolute Gasteiger partial charge is 0.346 e. The van der Waals surface area contributed by atoms with Gasteiger partial charge in [0.25, 0.3) is 0 Å². The second-order valence-electron chi connectivity index (χ2n) is 1.73. The van der Waals surface area contributed by atoms with Gasteiger partial charge in [-0.2, -0.15) is 0 Å². The lowest BCUT2D eigenvalue weighted by molar-refractivity contribution is 0.393. The van der Waals surface area contributed by atoms with Crippen molar-refractivity contribution in [1.29, 1.82) is 0 Å². The van der Waals surface area contributed by atoms with E-state index in [1.807, 2.05) is 0 Å². The number of hydrogen-bond donors (Lipinski definition) is 0. The monoisotopic (exact) mass is 164 g/mol. The molecule has 1 aromatic heterocycles. The smallest absolute Gasteiger partial charge is 0.144 e. The molecule has 1 aromatic rings. The van der Waals surface area contributed by atoms with E-state index in [9.17, 15) is 8.42 Å². The van der Waals surface area contributed by atoms with E-state index in [1.54, 1.807) is 0 Å². The molecule has 0 bridgehead atoms. The quantitative estimate of drug-likeness (QED) is 0.527. The maximum absolute atomic E-state index is 9.63. The van der Waals surface area contributed by atoms with Gasteiger partial charge in [-0.3, -0.25) is 0 Å². The molecule has 0 aromatic carbocycles. The molecule has 0 saturated carbocycles. The number of sulfone groups is 1. The van der Waals surface area contributed by atoms with Crippen LogP contribution in [0.15, 0.2) is 17.0 Å². The highest BCUT2D eigenvalue weighted by molar-refractivity contribution is 7.89. The molecule has 0 aliphatic carbocycles. The van der Waals surface area contributed by atoms with Gasteiger partial charge in [0.1, 0.15) is 16.1 Å². The van der Waals surface area contributed by atoms with E-state index in [-0.39, 0.29) is 0 Å². The molecular weight excluding hydrogens is 156 g/mol. The highest BCUT2D eigenvalue weighted by Gasteiger charge is 1.79. The first kappa shape index (κ1) is 9.09. The number of nitrogens with zero attached hydrogens (tertiary/aromatic N) is 2. The highest BCUT2D eigenvalue weighted by atomic mass is 32.2. The molecule has 6 heteroatoms. The maximum atomic E-state index is 9.63. The van der Waals surface area contributed by atoms with E-state index in [2.05, 4.69) is 14.9 Å². The second-order valence-corrected chi connectivity index (χ2v) is 4.02. The van der Waals surface area contributed by atoms with Crippen molar-refractivity contribution in [1.82, 2.24) is 10.4 Å². The highest BCUT2D eigenvalue weighted by Crippen LogP contribution is 1.64. The zero-order valence-corrected chi connectivity index (χ0v) is 6.50. The Hall–Kier alpha value is -0.910. The van der Waals surface area contributed by atoms with E-state index in [0.717, 1.165) is 12.5 Å². The van der Waals surface area contributed by atoms with Gasteiger partial charge in [-0.25, -0.2) is 8.42 Å². The lowest BCUT2D eigenvalue weighted by atomic mass is 11.0. The van der Waals surface area contributed by atoms with Gasteiger partial charge in [0.2, 0.25) is 0 Å². The zero-order valence-electron chi connectivity index (χ0n) is 5.68. The van der Waals surface area contributed by atoms with Crippen LogP contribution in [0.5, 0.6) is 0 Å². The third-order valence-corrected chi connectivity index (χ3v) is 0.283. The molecule has 0 fully saturated rings. The molecule has 0 aliphatic heterocycles. The predicted molar refractivity (Wildman–Crippen MR) is 35.1 cm³/mol. The summed E-state index contributed by atoms with van der Waals surface area (Å²) in [5, 5.41) is 6.40. The van der Waals surface area contributed by atoms with Crippen LogP contribution in [-0.4, -0.2) is 31.3 Å². The van der Waals surface area contributed by atoms with Crippen molar-refractivity contribution in [3.63, 3.8) is 0 Å².